The van der Waals surface area contributed by atoms with Crippen LogP contribution in [0.1, 0.15) is 15.9 Å². The van der Waals surface area contributed by atoms with Crippen LogP contribution in [0.2, 0.25) is 0 Å². The van der Waals surface area contributed by atoms with Crippen molar-refractivity contribution in [3.8, 4) is 11.5 Å². The molecule has 30 heavy (non-hydrogen) atoms. The van der Waals surface area contributed by atoms with Crippen LogP contribution in [0, 0.1) is 6.92 Å². The summed E-state index contributed by atoms with van der Waals surface area (Å²) in [5.74, 6) is -1.50. The van der Waals surface area contributed by atoms with E-state index in [2.05, 4.69) is 9.71 Å². The van der Waals surface area contributed by atoms with Crippen LogP contribution in [-0.2, 0) is 10.0 Å². The molecule has 0 fully saturated rings. The largest absolute Gasteiger partial charge is 0.508 e. The van der Waals surface area contributed by atoms with E-state index in [-0.39, 0.29) is 38.5 Å². The van der Waals surface area contributed by atoms with Gasteiger partial charge in [0.15, 0.2) is 0 Å². The van der Waals surface area contributed by atoms with Gasteiger partial charge in [-0.3, -0.25) is 9.71 Å². The molecule has 0 saturated heterocycles. The fourth-order valence-corrected chi connectivity index (χ4v) is 4.41. The lowest BCUT2D eigenvalue weighted by Gasteiger charge is -2.13. The topological polar surface area (TPSA) is 137 Å². The van der Waals surface area contributed by atoms with E-state index >= 15 is 0 Å². The number of hydrogen-bond donors (Lipinski definition) is 4. The minimum absolute atomic E-state index is 0.0341. The summed E-state index contributed by atoms with van der Waals surface area (Å²) in [6, 6.07) is 11.1. The predicted octanol–water partition coefficient (Wildman–Crippen LogP) is 3.61. The third-order valence-electron chi connectivity index (χ3n) is 4.88. The summed E-state index contributed by atoms with van der Waals surface area (Å²) in [5, 5.41) is 30.4. The SMILES string of the molecule is Cc1c(O)cc(C(=O)O)c2cc(S(=O)(=O)Nc3ccc(O)c4cccnc34)ccc12. The third-order valence-corrected chi connectivity index (χ3v) is 6.25. The number of carboxylic acids is 1. The number of anilines is 1. The highest BCUT2D eigenvalue weighted by atomic mass is 32.2. The number of aromatic hydroxyl groups is 2. The molecule has 0 aliphatic heterocycles. The van der Waals surface area contributed by atoms with Crippen LogP contribution in [-0.4, -0.2) is 34.7 Å². The molecule has 4 aromatic rings. The van der Waals surface area contributed by atoms with E-state index in [4.69, 9.17) is 0 Å². The Kier molecular flexibility index (Phi) is 4.47. The second-order valence-electron chi connectivity index (χ2n) is 6.72. The van der Waals surface area contributed by atoms with Crippen molar-refractivity contribution >= 4 is 43.4 Å². The number of aryl methyl sites for hydroxylation is 1. The van der Waals surface area contributed by atoms with Gasteiger partial charge in [-0.2, -0.15) is 0 Å². The Morgan fingerprint density at radius 1 is 0.967 bits per heavy atom. The molecule has 152 valence electrons. The van der Waals surface area contributed by atoms with Crippen LogP contribution < -0.4 is 4.72 Å². The highest BCUT2D eigenvalue weighted by Gasteiger charge is 2.20. The van der Waals surface area contributed by atoms with Crippen molar-refractivity contribution in [1.82, 2.24) is 4.98 Å². The maximum Gasteiger partial charge on any atom is 0.336 e. The van der Waals surface area contributed by atoms with Gasteiger partial charge in [0, 0.05) is 11.6 Å². The fraction of sp³-hybridized carbons (Fsp3) is 0.0476. The van der Waals surface area contributed by atoms with Gasteiger partial charge in [-0.15, -0.1) is 0 Å². The number of phenolic OH excluding ortho intramolecular Hbond substituents is 2. The molecule has 0 spiro atoms. The van der Waals surface area contributed by atoms with Gasteiger partial charge in [0.05, 0.1) is 21.7 Å². The molecule has 8 nitrogen and oxygen atoms in total. The number of hydrogen-bond acceptors (Lipinski definition) is 6. The van der Waals surface area contributed by atoms with Crippen molar-refractivity contribution in [1.29, 1.82) is 0 Å². The lowest BCUT2D eigenvalue weighted by Crippen LogP contribution is -2.13. The van der Waals surface area contributed by atoms with Gasteiger partial charge in [-0.1, -0.05) is 6.07 Å². The Bertz CT molecular complexity index is 1450. The lowest BCUT2D eigenvalue weighted by atomic mass is 9.99. The highest BCUT2D eigenvalue weighted by molar-refractivity contribution is 7.92. The summed E-state index contributed by atoms with van der Waals surface area (Å²) in [7, 11) is -4.10. The van der Waals surface area contributed by atoms with Crippen LogP contribution in [0.5, 0.6) is 11.5 Å². The van der Waals surface area contributed by atoms with Gasteiger partial charge in [-0.05, 0) is 65.7 Å². The molecule has 0 radical (unpaired) electrons. The van der Waals surface area contributed by atoms with Gasteiger partial charge in [0.1, 0.15) is 11.5 Å². The molecule has 4 N–H and O–H groups in total. The summed E-state index contributed by atoms with van der Waals surface area (Å²) < 4.78 is 28.5. The number of nitrogens with one attached hydrogen (secondary N) is 1. The molecular formula is C21H16N2O6S. The van der Waals surface area contributed by atoms with Crippen molar-refractivity contribution in [3.63, 3.8) is 0 Å². The summed E-state index contributed by atoms with van der Waals surface area (Å²) in [6.07, 6.45) is 1.48. The summed E-state index contributed by atoms with van der Waals surface area (Å²) in [5.41, 5.74) is 0.681. The number of carboxylic acid groups (broad SMARTS) is 1. The van der Waals surface area contributed by atoms with E-state index in [1.165, 1.54) is 36.5 Å². The third kappa shape index (κ3) is 3.15. The Labute approximate surface area is 171 Å². The molecule has 0 bridgehead atoms. The highest BCUT2D eigenvalue weighted by Crippen LogP contribution is 2.33. The van der Waals surface area contributed by atoms with E-state index in [1.807, 2.05) is 0 Å². The molecule has 1 aromatic heterocycles. The molecule has 9 heteroatoms. The van der Waals surface area contributed by atoms with E-state index in [1.54, 1.807) is 19.1 Å². The Hall–Kier alpha value is -3.85. The van der Waals surface area contributed by atoms with Gasteiger partial charge in [-0.25, -0.2) is 13.2 Å². The first-order valence-corrected chi connectivity index (χ1v) is 10.3. The number of nitrogens with zero attached hydrogens (tertiary/aromatic N) is 1. The molecule has 0 aliphatic carbocycles. The molecule has 0 saturated carbocycles. The first-order chi connectivity index (χ1) is 14.2. The summed E-state index contributed by atoms with van der Waals surface area (Å²) in [4.78, 5) is 15.6. The average Bonchev–Trinajstić information content (AvgIpc) is 2.72. The average molecular weight is 424 g/mol. The van der Waals surface area contributed by atoms with Crippen LogP contribution in [0.25, 0.3) is 21.7 Å². The van der Waals surface area contributed by atoms with Crippen LogP contribution in [0.4, 0.5) is 5.69 Å². The molecule has 1 heterocycles. The van der Waals surface area contributed by atoms with Crippen molar-refractivity contribution in [2.75, 3.05) is 4.72 Å². The van der Waals surface area contributed by atoms with Crippen molar-refractivity contribution in [2.45, 2.75) is 11.8 Å². The Balaban J connectivity index is 1.86. The molecule has 0 unspecified atom stereocenters. The zero-order valence-electron chi connectivity index (χ0n) is 15.6. The predicted molar refractivity (Wildman–Crippen MR) is 112 cm³/mol. The molecule has 0 amide bonds. The van der Waals surface area contributed by atoms with E-state index < -0.39 is 16.0 Å². The molecular weight excluding hydrogens is 408 g/mol. The lowest BCUT2D eigenvalue weighted by molar-refractivity contribution is 0.0698. The second-order valence-corrected chi connectivity index (χ2v) is 8.40. The number of fused-ring (bicyclic) bond motifs is 2. The summed E-state index contributed by atoms with van der Waals surface area (Å²) in [6.45, 7) is 1.62. The normalized spacial score (nSPS) is 11.6. The minimum Gasteiger partial charge on any atom is -0.508 e. The van der Waals surface area contributed by atoms with Gasteiger partial charge < -0.3 is 15.3 Å². The number of aromatic nitrogens is 1. The molecule has 3 aromatic carbocycles. The number of sulfonamides is 1. The van der Waals surface area contributed by atoms with Gasteiger partial charge in [0.25, 0.3) is 10.0 Å². The molecule has 0 aliphatic rings. The van der Waals surface area contributed by atoms with E-state index in [0.717, 1.165) is 6.07 Å². The van der Waals surface area contributed by atoms with Crippen LogP contribution in [0.3, 0.4) is 0 Å². The van der Waals surface area contributed by atoms with E-state index in [9.17, 15) is 28.5 Å². The standard InChI is InChI=1S/C21H16N2O6S/c1-11-13-5-4-12(9-15(13)16(21(26)27)10-19(11)25)30(28,29)23-17-6-7-18(24)14-3-2-8-22-20(14)17/h2-10,23-25H,1H3,(H,26,27). The smallest absolute Gasteiger partial charge is 0.336 e. The van der Waals surface area contributed by atoms with Crippen molar-refractivity contribution in [3.05, 3.63) is 65.9 Å². The first kappa shape index (κ1) is 19.5. The quantitative estimate of drug-likeness (QED) is 0.367. The number of pyridine rings is 1. The number of aromatic carboxylic acids is 1. The molecule has 4 rings (SSSR count). The zero-order valence-corrected chi connectivity index (χ0v) is 16.4. The van der Waals surface area contributed by atoms with Crippen molar-refractivity contribution in [2.24, 2.45) is 0 Å². The number of rotatable bonds is 4. The van der Waals surface area contributed by atoms with Crippen LogP contribution >= 0.6 is 0 Å². The molecule has 0 atom stereocenters. The van der Waals surface area contributed by atoms with Gasteiger partial charge >= 0.3 is 5.97 Å². The fourth-order valence-electron chi connectivity index (χ4n) is 3.32. The first-order valence-electron chi connectivity index (χ1n) is 8.78. The van der Waals surface area contributed by atoms with Crippen molar-refractivity contribution < 1.29 is 28.5 Å². The second kappa shape index (κ2) is 6.89. The van der Waals surface area contributed by atoms with Crippen LogP contribution in [0.15, 0.2) is 59.6 Å². The monoisotopic (exact) mass is 424 g/mol. The van der Waals surface area contributed by atoms with E-state index in [0.29, 0.717) is 16.3 Å². The zero-order chi connectivity index (χ0) is 21.6. The van der Waals surface area contributed by atoms with Gasteiger partial charge in [0.2, 0.25) is 0 Å². The maximum absolute atomic E-state index is 13.0. The maximum atomic E-state index is 13.0. The number of phenols is 2. The Morgan fingerprint density at radius 2 is 1.73 bits per heavy atom. The minimum atomic E-state index is -4.10. The number of benzene rings is 3. The summed E-state index contributed by atoms with van der Waals surface area (Å²) >= 11 is 0. The Morgan fingerprint density at radius 3 is 2.47 bits per heavy atom. The number of carbonyl (C=O) groups is 1.